The standard InChI is InChI=1S/C20H28N2S2.H2O4S/c1-12(2)24-20-16-9-18-15(8-13(11-23-4)10-22(18)3)14-6-5-7-17(21-20)19(14)16;1-5(2,3)4/h5-7,12-13,15,18,21H,8-11H2,1-4H3;(H2,1,2,3,4)/t13-,15-,18-;/m1./s1. The van der Waals surface area contributed by atoms with Crippen molar-refractivity contribution in [2.75, 3.05) is 25.6 Å². The average molecular weight is 459 g/mol. The third kappa shape index (κ3) is 5.51. The van der Waals surface area contributed by atoms with Crippen LogP contribution in [0, 0.1) is 5.92 Å². The first-order chi connectivity index (χ1) is 13.6. The van der Waals surface area contributed by atoms with Crippen LogP contribution in [-0.4, -0.2) is 64.3 Å². The minimum Gasteiger partial charge on any atom is -0.349 e. The van der Waals surface area contributed by atoms with Gasteiger partial charge in [-0.3, -0.25) is 9.11 Å². The molecule has 3 N–H and O–H groups in total. The minimum absolute atomic E-state index is 0.616. The summed E-state index contributed by atoms with van der Waals surface area (Å²) in [4.78, 5) is 6.37. The zero-order valence-corrected chi connectivity index (χ0v) is 19.7. The molecule has 2 aromatic rings. The van der Waals surface area contributed by atoms with E-state index in [1.54, 1.807) is 16.5 Å². The highest BCUT2D eigenvalue weighted by atomic mass is 32.3. The number of hydrogen-bond acceptors (Lipinski definition) is 5. The summed E-state index contributed by atoms with van der Waals surface area (Å²) in [5, 5.41) is 3.57. The van der Waals surface area contributed by atoms with Gasteiger partial charge in [-0.2, -0.15) is 20.2 Å². The molecule has 2 aliphatic rings. The van der Waals surface area contributed by atoms with Gasteiger partial charge in [0.05, 0.1) is 5.03 Å². The molecule has 0 amide bonds. The molecule has 0 spiro atoms. The molecule has 0 radical (unpaired) electrons. The highest BCUT2D eigenvalue weighted by Gasteiger charge is 2.40. The fourth-order valence-electron chi connectivity index (χ4n) is 4.80. The van der Waals surface area contributed by atoms with Gasteiger partial charge in [0.1, 0.15) is 0 Å². The lowest BCUT2D eigenvalue weighted by atomic mass is 9.73. The van der Waals surface area contributed by atoms with Crippen molar-refractivity contribution in [1.82, 2.24) is 9.88 Å². The van der Waals surface area contributed by atoms with Crippen molar-refractivity contribution in [3.63, 3.8) is 0 Å². The Bertz CT molecular complexity index is 950. The molecular formula is C20H30N2O4S3. The molecule has 1 aliphatic carbocycles. The number of nitrogens with one attached hydrogen (secondary N) is 1. The van der Waals surface area contributed by atoms with E-state index >= 15 is 0 Å². The van der Waals surface area contributed by atoms with E-state index in [2.05, 4.69) is 55.2 Å². The third-order valence-corrected chi connectivity index (χ3v) is 7.51. The number of aromatic nitrogens is 1. The number of aromatic amines is 1. The topological polar surface area (TPSA) is 93.6 Å². The molecule has 162 valence electrons. The summed E-state index contributed by atoms with van der Waals surface area (Å²) in [5.41, 5.74) is 4.53. The van der Waals surface area contributed by atoms with Crippen molar-refractivity contribution in [1.29, 1.82) is 0 Å². The third-order valence-electron chi connectivity index (χ3n) is 5.65. The molecule has 9 heteroatoms. The molecule has 0 bridgehead atoms. The summed E-state index contributed by atoms with van der Waals surface area (Å²) < 4.78 is 31.6. The highest BCUT2D eigenvalue weighted by Crippen LogP contribution is 2.47. The summed E-state index contributed by atoms with van der Waals surface area (Å²) in [6, 6.07) is 7.58. The number of piperidine rings is 1. The Kier molecular flexibility index (Phi) is 7.28. The van der Waals surface area contributed by atoms with Gasteiger partial charge in [-0.1, -0.05) is 26.0 Å². The first kappa shape index (κ1) is 23.0. The summed E-state index contributed by atoms with van der Waals surface area (Å²) in [5.74, 6) is 2.81. The maximum Gasteiger partial charge on any atom is 0.394 e. The number of likely N-dealkylation sites (N-methyl/N-ethyl adjacent to an activating group) is 1. The Morgan fingerprint density at radius 2 is 2.00 bits per heavy atom. The van der Waals surface area contributed by atoms with E-state index in [1.165, 1.54) is 35.7 Å². The van der Waals surface area contributed by atoms with E-state index in [0.29, 0.717) is 17.2 Å². The van der Waals surface area contributed by atoms with Gasteiger partial charge in [-0.25, -0.2) is 0 Å². The van der Waals surface area contributed by atoms with Crippen molar-refractivity contribution in [2.45, 2.75) is 48.9 Å². The Hall–Kier alpha value is -0.710. The Morgan fingerprint density at radius 3 is 2.62 bits per heavy atom. The number of fused-ring (bicyclic) bond motifs is 2. The van der Waals surface area contributed by atoms with Gasteiger partial charge >= 0.3 is 10.4 Å². The SMILES string of the molecule is CSC[C@@H]1C[C@@H]2c3cccc4[nH]c(SC(C)C)c(c34)C[C@H]2N(C)C1.O=S(=O)(O)O. The van der Waals surface area contributed by atoms with E-state index in [-0.39, 0.29) is 0 Å². The van der Waals surface area contributed by atoms with Crippen LogP contribution in [-0.2, 0) is 16.8 Å². The zero-order valence-electron chi connectivity index (χ0n) is 17.3. The number of benzene rings is 1. The Morgan fingerprint density at radius 1 is 1.31 bits per heavy atom. The fourth-order valence-corrected chi connectivity index (χ4v) is 6.48. The van der Waals surface area contributed by atoms with E-state index in [1.807, 2.05) is 23.5 Å². The normalized spacial score (nSPS) is 24.3. The summed E-state index contributed by atoms with van der Waals surface area (Å²) >= 11 is 3.99. The number of likely N-dealkylation sites (tertiary alicyclic amines) is 1. The second kappa shape index (κ2) is 9.20. The van der Waals surface area contributed by atoms with Gasteiger partial charge in [-0.05, 0) is 55.0 Å². The first-order valence-corrected chi connectivity index (χ1v) is 13.4. The first-order valence-electron chi connectivity index (χ1n) is 9.77. The van der Waals surface area contributed by atoms with Gasteiger partial charge in [0.2, 0.25) is 0 Å². The second-order valence-electron chi connectivity index (χ2n) is 8.19. The quantitative estimate of drug-likeness (QED) is 0.463. The molecule has 1 aliphatic heterocycles. The number of thioether (sulfide) groups is 2. The van der Waals surface area contributed by atoms with Crippen LogP contribution in [0.1, 0.15) is 37.3 Å². The summed E-state index contributed by atoms with van der Waals surface area (Å²) in [6.45, 7) is 5.83. The van der Waals surface area contributed by atoms with Crippen LogP contribution in [0.25, 0.3) is 10.9 Å². The largest absolute Gasteiger partial charge is 0.394 e. The average Bonchev–Trinajstić information content (AvgIpc) is 2.93. The molecule has 6 nitrogen and oxygen atoms in total. The van der Waals surface area contributed by atoms with Crippen molar-refractivity contribution in [3.05, 3.63) is 29.3 Å². The molecule has 1 saturated heterocycles. The molecule has 1 fully saturated rings. The molecule has 2 heterocycles. The predicted molar refractivity (Wildman–Crippen MR) is 123 cm³/mol. The summed E-state index contributed by atoms with van der Waals surface area (Å²) in [6.07, 6.45) is 4.80. The lowest BCUT2D eigenvalue weighted by Gasteiger charge is -2.45. The van der Waals surface area contributed by atoms with Crippen molar-refractivity contribution < 1.29 is 17.5 Å². The van der Waals surface area contributed by atoms with Gasteiger partial charge < -0.3 is 9.88 Å². The molecule has 1 aromatic heterocycles. The minimum atomic E-state index is -4.67. The van der Waals surface area contributed by atoms with Gasteiger partial charge in [0.15, 0.2) is 0 Å². The van der Waals surface area contributed by atoms with Crippen molar-refractivity contribution in [2.24, 2.45) is 5.92 Å². The molecular weight excluding hydrogens is 428 g/mol. The van der Waals surface area contributed by atoms with Crippen LogP contribution in [0.5, 0.6) is 0 Å². The van der Waals surface area contributed by atoms with Crippen LogP contribution in [0.4, 0.5) is 0 Å². The molecule has 0 saturated carbocycles. The molecule has 29 heavy (non-hydrogen) atoms. The second-order valence-corrected chi connectivity index (χ2v) is 11.6. The van der Waals surface area contributed by atoms with Crippen LogP contribution in [0.2, 0.25) is 0 Å². The number of nitrogens with zero attached hydrogens (tertiary/aromatic N) is 1. The molecule has 4 rings (SSSR count). The number of hydrogen-bond donors (Lipinski definition) is 3. The smallest absolute Gasteiger partial charge is 0.349 e. The Balaban J connectivity index is 0.000000431. The van der Waals surface area contributed by atoms with E-state index in [9.17, 15) is 0 Å². The summed E-state index contributed by atoms with van der Waals surface area (Å²) in [7, 11) is -2.32. The lowest BCUT2D eigenvalue weighted by Crippen LogP contribution is -2.48. The van der Waals surface area contributed by atoms with E-state index in [4.69, 9.17) is 17.5 Å². The van der Waals surface area contributed by atoms with Crippen LogP contribution in [0.3, 0.4) is 0 Å². The van der Waals surface area contributed by atoms with E-state index in [0.717, 1.165) is 5.92 Å². The zero-order chi connectivity index (χ0) is 21.3. The maximum absolute atomic E-state index is 8.74. The van der Waals surface area contributed by atoms with Gasteiger partial charge in [0, 0.05) is 34.7 Å². The van der Waals surface area contributed by atoms with Crippen LogP contribution in [0.15, 0.2) is 23.2 Å². The molecule has 0 unspecified atom stereocenters. The van der Waals surface area contributed by atoms with Crippen LogP contribution < -0.4 is 0 Å². The van der Waals surface area contributed by atoms with Crippen molar-refractivity contribution in [3.8, 4) is 0 Å². The van der Waals surface area contributed by atoms with Crippen molar-refractivity contribution >= 4 is 44.8 Å². The van der Waals surface area contributed by atoms with E-state index < -0.39 is 10.4 Å². The highest BCUT2D eigenvalue weighted by molar-refractivity contribution is 7.99. The maximum atomic E-state index is 8.74. The monoisotopic (exact) mass is 458 g/mol. The van der Waals surface area contributed by atoms with Crippen LogP contribution >= 0.6 is 23.5 Å². The lowest BCUT2D eigenvalue weighted by molar-refractivity contribution is 0.121. The molecule has 1 aromatic carbocycles. The van der Waals surface area contributed by atoms with Gasteiger partial charge in [-0.15, -0.1) is 11.8 Å². The molecule has 3 atom stereocenters. The Labute approximate surface area is 181 Å². The number of rotatable bonds is 4. The fraction of sp³-hybridized carbons (Fsp3) is 0.600. The number of H-pyrrole nitrogens is 1. The predicted octanol–water partition coefficient (Wildman–Crippen LogP) is 4.34. The van der Waals surface area contributed by atoms with Gasteiger partial charge in [0.25, 0.3) is 0 Å².